The first-order chi connectivity index (χ1) is 13.5. The van der Waals surface area contributed by atoms with Crippen LogP contribution in [0.4, 0.5) is 0 Å². The van der Waals surface area contributed by atoms with Crippen molar-refractivity contribution in [2.75, 3.05) is 26.3 Å². The van der Waals surface area contributed by atoms with Gasteiger partial charge in [-0.3, -0.25) is 9.10 Å². The van der Waals surface area contributed by atoms with Crippen molar-refractivity contribution in [2.24, 2.45) is 0 Å². The average molecular weight is 400 g/mol. The van der Waals surface area contributed by atoms with Crippen molar-refractivity contribution in [1.29, 1.82) is 0 Å². The van der Waals surface area contributed by atoms with Crippen LogP contribution in [0.3, 0.4) is 0 Å². The highest BCUT2D eigenvalue weighted by molar-refractivity contribution is 7.89. The first-order valence-corrected chi connectivity index (χ1v) is 10.4. The normalized spacial score (nSPS) is 18.7. The molecule has 2 aromatic rings. The lowest BCUT2D eigenvalue weighted by Crippen LogP contribution is -2.47. The van der Waals surface area contributed by atoms with Crippen LogP contribution in [0, 0.1) is 0 Å². The van der Waals surface area contributed by atoms with E-state index in [0.29, 0.717) is 31.9 Å². The molecule has 1 saturated heterocycles. The number of hydrogen-bond donors (Lipinski definition) is 1. The van der Waals surface area contributed by atoms with Gasteiger partial charge in [0.05, 0.1) is 24.7 Å². The predicted molar refractivity (Wildman–Crippen MR) is 103 cm³/mol. The van der Waals surface area contributed by atoms with Gasteiger partial charge in [0.25, 0.3) is 15.9 Å². The van der Waals surface area contributed by atoms with Crippen LogP contribution < -0.4 is 0 Å². The first kappa shape index (κ1) is 18.5. The fraction of sp³-hybridized carbons (Fsp3) is 0.250. The number of benzene rings is 2. The van der Waals surface area contributed by atoms with Crippen molar-refractivity contribution in [2.45, 2.75) is 11.4 Å². The summed E-state index contributed by atoms with van der Waals surface area (Å²) in [5, 5.41) is 10.9. The highest BCUT2D eigenvalue weighted by atomic mass is 32.2. The molecule has 0 spiro atoms. The summed E-state index contributed by atoms with van der Waals surface area (Å²) in [6.07, 6.45) is 0. The number of aliphatic hydroxyl groups is 1. The number of morpholine rings is 1. The van der Waals surface area contributed by atoms with Gasteiger partial charge < -0.3 is 14.7 Å². The Labute approximate surface area is 163 Å². The van der Waals surface area contributed by atoms with Crippen LogP contribution in [-0.4, -0.2) is 54.9 Å². The van der Waals surface area contributed by atoms with Crippen LogP contribution >= 0.6 is 0 Å². The Kier molecular flexibility index (Phi) is 4.82. The zero-order valence-electron chi connectivity index (χ0n) is 15.1. The second kappa shape index (κ2) is 7.29. The average Bonchev–Trinajstić information content (AvgIpc) is 2.73. The molecular weight excluding hydrogens is 380 g/mol. The lowest BCUT2D eigenvalue weighted by atomic mass is 10.1. The summed E-state index contributed by atoms with van der Waals surface area (Å²) in [7, 11) is -4.01. The lowest BCUT2D eigenvalue weighted by Gasteiger charge is -2.35. The van der Waals surface area contributed by atoms with E-state index in [2.05, 4.69) is 0 Å². The second-order valence-electron chi connectivity index (χ2n) is 6.60. The molecule has 1 fully saturated rings. The lowest BCUT2D eigenvalue weighted by molar-refractivity contribution is -0.132. The number of hydrogen-bond acceptors (Lipinski definition) is 5. The maximum atomic E-state index is 13.3. The molecule has 0 atom stereocenters. The number of sulfonamides is 1. The summed E-state index contributed by atoms with van der Waals surface area (Å²) in [6, 6.07) is 15.2. The number of aliphatic hydroxyl groups excluding tert-OH is 1. The Morgan fingerprint density at radius 3 is 2.36 bits per heavy atom. The molecule has 0 radical (unpaired) electrons. The molecule has 1 amide bonds. The maximum absolute atomic E-state index is 13.3. The van der Waals surface area contributed by atoms with Gasteiger partial charge >= 0.3 is 0 Å². The van der Waals surface area contributed by atoms with Crippen LogP contribution in [-0.2, 0) is 26.1 Å². The molecule has 28 heavy (non-hydrogen) atoms. The van der Waals surface area contributed by atoms with Crippen molar-refractivity contribution in [1.82, 2.24) is 9.21 Å². The van der Waals surface area contributed by atoms with E-state index in [9.17, 15) is 18.3 Å². The molecule has 2 aromatic carbocycles. The molecule has 0 aromatic heterocycles. The van der Waals surface area contributed by atoms with Gasteiger partial charge in [-0.05, 0) is 17.7 Å². The van der Waals surface area contributed by atoms with Crippen LogP contribution in [0.25, 0.3) is 5.76 Å². The fourth-order valence-electron chi connectivity index (χ4n) is 3.41. The summed E-state index contributed by atoms with van der Waals surface area (Å²) in [6.45, 7) is 1.39. The van der Waals surface area contributed by atoms with Crippen LogP contribution in [0.5, 0.6) is 0 Å². The van der Waals surface area contributed by atoms with Gasteiger partial charge in [-0.15, -0.1) is 0 Å². The van der Waals surface area contributed by atoms with E-state index in [1.54, 1.807) is 36.4 Å². The molecular formula is C20H20N2O5S. The molecule has 2 aliphatic rings. The minimum absolute atomic E-state index is 0.0121. The van der Waals surface area contributed by atoms with Crippen LogP contribution in [0.1, 0.15) is 11.1 Å². The molecule has 2 heterocycles. The van der Waals surface area contributed by atoms with Crippen molar-refractivity contribution in [3.05, 3.63) is 71.4 Å². The van der Waals surface area contributed by atoms with Crippen LogP contribution in [0.2, 0.25) is 0 Å². The number of rotatable bonds is 3. The highest BCUT2D eigenvalue weighted by Gasteiger charge is 2.41. The number of carbonyl (C=O) groups excluding carboxylic acids is 1. The molecule has 0 bridgehead atoms. The molecule has 2 aliphatic heterocycles. The maximum Gasteiger partial charge on any atom is 0.275 e. The predicted octanol–water partition coefficient (Wildman–Crippen LogP) is 1.98. The largest absolute Gasteiger partial charge is 0.505 e. The molecule has 7 nitrogen and oxygen atoms in total. The number of nitrogens with zero attached hydrogens (tertiary/aromatic N) is 2. The smallest absolute Gasteiger partial charge is 0.275 e. The molecule has 0 aliphatic carbocycles. The Balaban J connectivity index is 1.85. The van der Waals surface area contributed by atoms with Crippen molar-refractivity contribution in [3.63, 3.8) is 0 Å². The fourth-order valence-corrected chi connectivity index (χ4v) is 5.06. The topological polar surface area (TPSA) is 87.1 Å². The number of carbonyl (C=O) groups is 1. The number of ether oxygens (including phenoxy) is 1. The van der Waals surface area contributed by atoms with Gasteiger partial charge in [0, 0.05) is 18.7 Å². The van der Waals surface area contributed by atoms with Gasteiger partial charge in [-0.25, -0.2) is 8.42 Å². The molecule has 0 saturated carbocycles. The van der Waals surface area contributed by atoms with Crippen molar-refractivity contribution >= 4 is 21.7 Å². The van der Waals surface area contributed by atoms with E-state index < -0.39 is 15.9 Å². The minimum Gasteiger partial charge on any atom is -0.505 e. The van der Waals surface area contributed by atoms with E-state index >= 15 is 0 Å². The Morgan fingerprint density at radius 1 is 1.00 bits per heavy atom. The number of amides is 1. The second-order valence-corrected chi connectivity index (χ2v) is 8.43. The third-order valence-electron chi connectivity index (χ3n) is 4.85. The van der Waals surface area contributed by atoms with E-state index in [1.807, 2.05) is 6.07 Å². The number of fused-ring (bicyclic) bond motifs is 1. The Hall–Kier alpha value is -2.84. The van der Waals surface area contributed by atoms with E-state index in [0.717, 1.165) is 4.31 Å². The van der Waals surface area contributed by atoms with Gasteiger partial charge in [0.15, 0.2) is 11.5 Å². The molecule has 146 valence electrons. The van der Waals surface area contributed by atoms with Gasteiger partial charge in [-0.2, -0.15) is 0 Å². The third kappa shape index (κ3) is 3.14. The summed E-state index contributed by atoms with van der Waals surface area (Å²) in [5.41, 5.74) is 0.637. The van der Waals surface area contributed by atoms with Gasteiger partial charge in [0.2, 0.25) is 0 Å². The molecule has 8 heteroatoms. The zero-order chi connectivity index (χ0) is 19.7. The Bertz CT molecular complexity index is 1030. The molecule has 0 unspecified atom stereocenters. The highest BCUT2D eigenvalue weighted by Crippen LogP contribution is 2.37. The van der Waals surface area contributed by atoms with Crippen molar-refractivity contribution < 1.29 is 23.1 Å². The SMILES string of the molecule is O=C(C1=C(O)c2ccccc2S(=O)(=O)N1Cc1ccccc1)N1CCOCC1. The van der Waals surface area contributed by atoms with Gasteiger partial charge in [0.1, 0.15) is 0 Å². The molecule has 1 N–H and O–H groups in total. The summed E-state index contributed by atoms with van der Waals surface area (Å²) in [5.74, 6) is -0.840. The zero-order valence-corrected chi connectivity index (χ0v) is 15.9. The van der Waals surface area contributed by atoms with E-state index in [-0.39, 0.29) is 28.5 Å². The summed E-state index contributed by atoms with van der Waals surface area (Å²) < 4.78 is 33.0. The van der Waals surface area contributed by atoms with Crippen LogP contribution in [0.15, 0.2) is 65.2 Å². The van der Waals surface area contributed by atoms with E-state index in [1.165, 1.54) is 17.0 Å². The summed E-state index contributed by atoms with van der Waals surface area (Å²) >= 11 is 0. The Morgan fingerprint density at radius 2 is 1.64 bits per heavy atom. The van der Waals surface area contributed by atoms with Gasteiger partial charge in [-0.1, -0.05) is 42.5 Å². The third-order valence-corrected chi connectivity index (χ3v) is 6.66. The van der Waals surface area contributed by atoms with E-state index in [4.69, 9.17) is 4.74 Å². The summed E-state index contributed by atoms with van der Waals surface area (Å²) in [4.78, 5) is 14.7. The minimum atomic E-state index is -4.01. The first-order valence-electron chi connectivity index (χ1n) is 8.96. The quantitative estimate of drug-likeness (QED) is 0.851. The monoisotopic (exact) mass is 400 g/mol. The molecule has 4 rings (SSSR count). The van der Waals surface area contributed by atoms with Crippen molar-refractivity contribution in [3.8, 4) is 0 Å². The standard InChI is InChI=1S/C20H20N2O5S/c23-19-16-8-4-5-9-17(16)28(25,26)22(14-15-6-2-1-3-7-15)18(19)20(24)21-10-12-27-13-11-21/h1-9,23H,10-14H2.